The van der Waals surface area contributed by atoms with Gasteiger partial charge in [0.15, 0.2) is 5.82 Å². The third-order valence-electron chi connectivity index (χ3n) is 6.61. The van der Waals surface area contributed by atoms with Crippen molar-refractivity contribution in [2.24, 2.45) is 0 Å². The number of hydrogen-bond acceptors (Lipinski definition) is 4. The van der Waals surface area contributed by atoms with Gasteiger partial charge in [0.1, 0.15) is 17.4 Å². The van der Waals surface area contributed by atoms with Gasteiger partial charge in [-0.2, -0.15) is 0 Å². The fourth-order valence-electron chi connectivity index (χ4n) is 5.13. The van der Waals surface area contributed by atoms with Crippen molar-refractivity contribution in [3.63, 3.8) is 0 Å². The number of ether oxygens (including phenoxy) is 1. The Morgan fingerprint density at radius 1 is 1.00 bits per heavy atom. The van der Waals surface area contributed by atoms with Gasteiger partial charge in [-0.05, 0) is 80.6 Å². The molecule has 1 aromatic heterocycles. The molecule has 1 saturated carbocycles. The van der Waals surface area contributed by atoms with Crippen LogP contribution in [0.2, 0.25) is 5.02 Å². The van der Waals surface area contributed by atoms with Crippen molar-refractivity contribution in [3.8, 4) is 11.4 Å². The normalized spacial score (nSPS) is 21.3. The topological polar surface area (TPSA) is 43.2 Å². The molecule has 1 aliphatic carbocycles. The van der Waals surface area contributed by atoms with Crippen molar-refractivity contribution in [1.82, 2.24) is 19.7 Å². The lowest BCUT2D eigenvalue weighted by molar-refractivity contribution is 0.315. The molecule has 0 spiro atoms. The Bertz CT molecular complexity index is 1110. The summed E-state index contributed by atoms with van der Waals surface area (Å²) < 4.78 is 21.6. The van der Waals surface area contributed by atoms with E-state index in [0.717, 1.165) is 72.4 Å². The molecule has 2 aliphatic rings. The highest BCUT2D eigenvalue weighted by atomic mass is 35.5. The van der Waals surface area contributed by atoms with Gasteiger partial charge in [-0.15, -0.1) is 10.2 Å². The van der Waals surface area contributed by atoms with Crippen LogP contribution in [0, 0.1) is 5.82 Å². The number of benzene rings is 2. The molecule has 1 aliphatic heterocycles. The Morgan fingerprint density at radius 2 is 1.77 bits per heavy atom. The monoisotopic (exact) mass is 440 g/mol. The summed E-state index contributed by atoms with van der Waals surface area (Å²) in [4.78, 5) is 2.24. The van der Waals surface area contributed by atoms with Gasteiger partial charge in [-0.25, -0.2) is 4.39 Å². The Morgan fingerprint density at radius 3 is 2.55 bits per heavy atom. The predicted molar refractivity (Wildman–Crippen MR) is 118 cm³/mol. The molecule has 5 nitrogen and oxygen atoms in total. The number of nitrogens with zero attached hydrogens (tertiary/aromatic N) is 4. The highest BCUT2D eigenvalue weighted by molar-refractivity contribution is 6.30. The number of hydrogen-bond donors (Lipinski definition) is 0. The quantitative estimate of drug-likeness (QED) is 0.542. The van der Waals surface area contributed by atoms with Crippen LogP contribution in [0.4, 0.5) is 4.39 Å². The lowest BCUT2D eigenvalue weighted by Gasteiger charge is -2.29. The van der Waals surface area contributed by atoms with Crippen molar-refractivity contribution < 1.29 is 9.13 Å². The van der Waals surface area contributed by atoms with Gasteiger partial charge < -0.3 is 4.74 Å². The molecule has 0 bridgehead atoms. The first-order valence-electron chi connectivity index (χ1n) is 10.8. The second-order valence-electron chi connectivity index (χ2n) is 8.69. The fourth-order valence-corrected chi connectivity index (χ4v) is 5.33. The van der Waals surface area contributed by atoms with Crippen molar-refractivity contribution in [2.45, 2.75) is 50.6 Å². The van der Waals surface area contributed by atoms with Gasteiger partial charge in [0, 0.05) is 23.0 Å². The van der Waals surface area contributed by atoms with Crippen LogP contribution in [0.15, 0.2) is 36.4 Å². The van der Waals surface area contributed by atoms with E-state index in [9.17, 15) is 4.39 Å². The van der Waals surface area contributed by atoms with Gasteiger partial charge in [0.25, 0.3) is 0 Å². The molecule has 162 valence electrons. The summed E-state index contributed by atoms with van der Waals surface area (Å²) in [6, 6.07) is 10.9. The standard InChI is InChI=1S/C24H26ClFN4O/c1-29-13-17-11-18(25)7-9-21(17)30-23(14-29)27-28-24(30)16-5-3-15(4-6-16)20-12-19(26)8-10-22(20)31-2/h7-12,15-16H,3-6,13-14H2,1-2H3/t15-,16-. The predicted octanol–water partition coefficient (Wildman–Crippen LogP) is 5.46. The highest BCUT2D eigenvalue weighted by Gasteiger charge is 2.31. The number of rotatable bonds is 3. The maximum Gasteiger partial charge on any atom is 0.151 e. The molecule has 5 rings (SSSR count). The zero-order valence-electron chi connectivity index (χ0n) is 17.8. The maximum absolute atomic E-state index is 13.9. The molecule has 1 fully saturated rings. The summed E-state index contributed by atoms with van der Waals surface area (Å²) in [7, 11) is 3.74. The molecule has 0 atom stereocenters. The molecule has 3 aromatic rings. The Kier molecular flexibility index (Phi) is 5.44. The molecule has 0 unspecified atom stereocenters. The Hall–Kier alpha value is -2.44. The van der Waals surface area contributed by atoms with E-state index in [1.165, 1.54) is 11.6 Å². The largest absolute Gasteiger partial charge is 0.496 e. The lowest BCUT2D eigenvalue weighted by atomic mass is 9.78. The van der Waals surface area contributed by atoms with E-state index in [-0.39, 0.29) is 5.82 Å². The first-order chi connectivity index (χ1) is 15.0. The first kappa shape index (κ1) is 20.5. The highest BCUT2D eigenvalue weighted by Crippen LogP contribution is 2.43. The SMILES string of the molecule is COc1ccc(F)cc1[C@H]1CC[C@H](c2nnc3n2-c2ccc(Cl)cc2CN(C)C3)CC1. The molecule has 2 aromatic carbocycles. The van der Waals surface area contributed by atoms with E-state index >= 15 is 0 Å². The van der Waals surface area contributed by atoms with Crippen LogP contribution in [0.25, 0.3) is 5.69 Å². The lowest BCUT2D eigenvalue weighted by Crippen LogP contribution is -2.17. The second-order valence-corrected chi connectivity index (χ2v) is 9.13. The van der Waals surface area contributed by atoms with Crippen LogP contribution >= 0.6 is 11.6 Å². The Labute approximate surface area is 186 Å². The minimum Gasteiger partial charge on any atom is -0.496 e. The van der Waals surface area contributed by atoms with Gasteiger partial charge in [-0.3, -0.25) is 9.47 Å². The summed E-state index contributed by atoms with van der Waals surface area (Å²) in [6.45, 7) is 1.57. The molecule has 7 heteroatoms. The average molecular weight is 441 g/mol. The van der Waals surface area contributed by atoms with Crippen LogP contribution in [-0.4, -0.2) is 33.8 Å². The van der Waals surface area contributed by atoms with Gasteiger partial charge >= 0.3 is 0 Å². The second kappa shape index (κ2) is 8.24. The summed E-state index contributed by atoms with van der Waals surface area (Å²) in [6.07, 6.45) is 3.92. The van der Waals surface area contributed by atoms with E-state index in [2.05, 4.69) is 32.8 Å². The minimum absolute atomic E-state index is 0.208. The molecule has 0 saturated heterocycles. The Balaban J connectivity index is 1.43. The fraction of sp³-hybridized carbons (Fsp3) is 0.417. The third-order valence-corrected chi connectivity index (χ3v) is 6.85. The van der Waals surface area contributed by atoms with Crippen molar-refractivity contribution in [3.05, 3.63) is 70.0 Å². The van der Waals surface area contributed by atoms with E-state index in [1.807, 2.05) is 12.1 Å². The summed E-state index contributed by atoms with van der Waals surface area (Å²) >= 11 is 6.28. The first-order valence-corrected chi connectivity index (χ1v) is 11.2. The number of methoxy groups -OCH3 is 1. The van der Waals surface area contributed by atoms with Gasteiger partial charge in [0.2, 0.25) is 0 Å². The van der Waals surface area contributed by atoms with E-state index in [4.69, 9.17) is 16.3 Å². The molecule has 2 heterocycles. The van der Waals surface area contributed by atoms with Crippen molar-refractivity contribution in [1.29, 1.82) is 0 Å². The molecule has 0 radical (unpaired) electrons. The summed E-state index contributed by atoms with van der Waals surface area (Å²) in [5, 5.41) is 9.93. The third kappa shape index (κ3) is 3.83. The minimum atomic E-state index is -0.208. The molecular weight excluding hydrogens is 415 g/mol. The van der Waals surface area contributed by atoms with Crippen LogP contribution in [0.1, 0.15) is 60.3 Å². The zero-order chi connectivity index (χ0) is 21.5. The number of aromatic nitrogens is 3. The zero-order valence-corrected chi connectivity index (χ0v) is 18.6. The maximum atomic E-state index is 13.9. The summed E-state index contributed by atoms with van der Waals surface area (Å²) in [5.74, 6) is 3.18. The van der Waals surface area contributed by atoms with Crippen molar-refractivity contribution in [2.75, 3.05) is 14.2 Å². The van der Waals surface area contributed by atoms with E-state index in [1.54, 1.807) is 19.2 Å². The average Bonchev–Trinajstić information content (AvgIpc) is 3.11. The van der Waals surface area contributed by atoms with E-state index < -0.39 is 0 Å². The number of fused-ring (bicyclic) bond motifs is 3. The molecule has 0 N–H and O–H groups in total. The molecule has 0 amide bonds. The van der Waals surface area contributed by atoms with Crippen LogP contribution in [0.3, 0.4) is 0 Å². The molecule has 31 heavy (non-hydrogen) atoms. The van der Waals surface area contributed by atoms with Crippen LogP contribution < -0.4 is 4.74 Å². The smallest absolute Gasteiger partial charge is 0.151 e. The number of halogens is 2. The summed E-state index contributed by atoms with van der Waals surface area (Å²) in [5.41, 5.74) is 3.29. The van der Waals surface area contributed by atoms with Gasteiger partial charge in [0.05, 0.1) is 19.3 Å². The van der Waals surface area contributed by atoms with Gasteiger partial charge in [-0.1, -0.05) is 11.6 Å². The van der Waals surface area contributed by atoms with Crippen molar-refractivity contribution >= 4 is 11.6 Å². The van der Waals surface area contributed by atoms with Crippen LogP contribution in [-0.2, 0) is 13.1 Å². The van der Waals surface area contributed by atoms with E-state index in [0.29, 0.717) is 11.8 Å². The molecular formula is C24H26ClFN4O. The van der Waals surface area contributed by atoms with Crippen LogP contribution in [0.5, 0.6) is 5.75 Å².